The lowest BCUT2D eigenvalue weighted by molar-refractivity contribution is -0.145. The van der Waals surface area contributed by atoms with Crippen LogP contribution in [0.15, 0.2) is 0 Å². The summed E-state index contributed by atoms with van der Waals surface area (Å²) in [5.74, 6) is -2.93. The molecule has 1 aliphatic carbocycles. The summed E-state index contributed by atoms with van der Waals surface area (Å²) < 4.78 is 0. The fraction of sp³-hybridized carbons (Fsp3) is 0.800. The van der Waals surface area contributed by atoms with Gasteiger partial charge in [0.15, 0.2) is 0 Å². The van der Waals surface area contributed by atoms with E-state index >= 15 is 0 Å². The summed E-state index contributed by atoms with van der Waals surface area (Å²) in [6.07, 6.45) is 0.249. The lowest BCUT2D eigenvalue weighted by atomic mass is 9.75. The predicted octanol–water partition coefficient (Wildman–Crippen LogP) is 1.45. The Bertz CT molecular complexity index is 269. The van der Waals surface area contributed by atoms with Gasteiger partial charge in [-0.05, 0) is 17.8 Å². The molecule has 0 aromatic rings. The van der Waals surface area contributed by atoms with Gasteiger partial charge in [-0.25, -0.2) is 0 Å². The molecule has 0 heterocycles. The van der Waals surface area contributed by atoms with Gasteiger partial charge in [-0.3, -0.25) is 9.59 Å². The van der Waals surface area contributed by atoms with E-state index in [4.69, 9.17) is 10.2 Å². The first-order valence-corrected chi connectivity index (χ1v) is 4.74. The van der Waals surface area contributed by atoms with Crippen molar-refractivity contribution >= 4 is 11.9 Å². The minimum Gasteiger partial charge on any atom is -0.481 e. The van der Waals surface area contributed by atoms with Crippen LogP contribution in [0.5, 0.6) is 0 Å². The SMILES string of the molecule is C[C@@H]1[C@@H](C(=O)O)C[C@@H](C(=O)O)C1(C)C. The smallest absolute Gasteiger partial charge is 0.307 e. The van der Waals surface area contributed by atoms with Crippen molar-refractivity contribution in [1.29, 1.82) is 0 Å². The summed E-state index contributed by atoms with van der Waals surface area (Å²) in [5.41, 5.74) is -0.436. The Balaban J connectivity index is 2.96. The van der Waals surface area contributed by atoms with Crippen LogP contribution in [0.3, 0.4) is 0 Å². The number of hydrogen-bond donors (Lipinski definition) is 2. The molecule has 4 nitrogen and oxygen atoms in total. The van der Waals surface area contributed by atoms with Gasteiger partial charge in [0.25, 0.3) is 0 Å². The maximum atomic E-state index is 10.9. The van der Waals surface area contributed by atoms with Crippen LogP contribution in [0.2, 0.25) is 0 Å². The lowest BCUT2D eigenvalue weighted by Crippen LogP contribution is -2.30. The molecule has 0 spiro atoms. The fourth-order valence-corrected chi connectivity index (χ4v) is 2.33. The predicted molar refractivity (Wildman–Crippen MR) is 49.8 cm³/mol. The molecule has 4 heteroatoms. The maximum absolute atomic E-state index is 10.9. The zero-order valence-electron chi connectivity index (χ0n) is 8.65. The van der Waals surface area contributed by atoms with Gasteiger partial charge in [0.1, 0.15) is 0 Å². The normalized spacial score (nSPS) is 35.5. The highest BCUT2D eigenvalue weighted by Crippen LogP contribution is 2.50. The Hall–Kier alpha value is -1.06. The lowest BCUT2D eigenvalue weighted by Gasteiger charge is -2.29. The molecule has 2 N–H and O–H groups in total. The molecule has 0 amide bonds. The van der Waals surface area contributed by atoms with Crippen molar-refractivity contribution in [1.82, 2.24) is 0 Å². The molecule has 0 radical (unpaired) electrons. The number of aliphatic carboxylic acids is 2. The van der Waals surface area contributed by atoms with Crippen LogP contribution in [0.4, 0.5) is 0 Å². The van der Waals surface area contributed by atoms with Crippen molar-refractivity contribution in [3.05, 3.63) is 0 Å². The Labute approximate surface area is 82.9 Å². The first-order chi connectivity index (χ1) is 6.28. The third-order valence-electron chi connectivity index (χ3n) is 3.78. The minimum atomic E-state index is -0.884. The van der Waals surface area contributed by atoms with E-state index in [0.717, 1.165) is 0 Å². The molecule has 0 aliphatic heterocycles. The average Bonchev–Trinajstić information content (AvgIpc) is 2.24. The second-order valence-corrected chi connectivity index (χ2v) is 4.68. The van der Waals surface area contributed by atoms with Gasteiger partial charge in [-0.1, -0.05) is 20.8 Å². The van der Waals surface area contributed by atoms with Gasteiger partial charge in [-0.15, -0.1) is 0 Å². The standard InChI is InChI=1S/C10H16O4/c1-5-6(8(11)12)4-7(9(13)14)10(5,2)3/h5-7H,4H2,1-3H3,(H,11,12)(H,13,14)/t5-,6+,7+/m1/s1. The van der Waals surface area contributed by atoms with Crippen molar-refractivity contribution in [2.45, 2.75) is 27.2 Å². The van der Waals surface area contributed by atoms with Crippen LogP contribution in [-0.2, 0) is 9.59 Å². The largest absolute Gasteiger partial charge is 0.481 e. The molecule has 0 unspecified atom stereocenters. The van der Waals surface area contributed by atoms with E-state index in [2.05, 4.69) is 0 Å². The molecule has 0 saturated heterocycles. The van der Waals surface area contributed by atoms with Gasteiger partial charge >= 0.3 is 11.9 Å². The van der Waals surface area contributed by atoms with Gasteiger partial charge < -0.3 is 10.2 Å². The van der Waals surface area contributed by atoms with Crippen LogP contribution in [0, 0.1) is 23.2 Å². The summed E-state index contributed by atoms with van der Waals surface area (Å²) in [6.45, 7) is 5.49. The average molecular weight is 200 g/mol. The number of hydrogen-bond acceptors (Lipinski definition) is 2. The van der Waals surface area contributed by atoms with E-state index in [1.54, 1.807) is 0 Å². The van der Waals surface area contributed by atoms with Crippen molar-refractivity contribution < 1.29 is 19.8 Å². The molecule has 80 valence electrons. The molecule has 0 aromatic heterocycles. The molecule has 14 heavy (non-hydrogen) atoms. The zero-order valence-corrected chi connectivity index (χ0v) is 8.65. The van der Waals surface area contributed by atoms with E-state index in [1.807, 2.05) is 20.8 Å². The number of carbonyl (C=O) groups is 2. The third-order valence-corrected chi connectivity index (χ3v) is 3.78. The van der Waals surface area contributed by atoms with Crippen LogP contribution < -0.4 is 0 Å². The number of carboxylic acid groups (broad SMARTS) is 2. The van der Waals surface area contributed by atoms with Crippen molar-refractivity contribution in [3.8, 4) is 0 Å². The maximum Gasteiger partial charge on any atom is 0.307 e. The van der Waals surface area contributed by atoms with Crippen LogP contribution in [-0.4, -0.2) is 22.2 Å². The molecule has 3 atom stereocenters. The summed E-state index contributed by atoms with van der Waals surface area (Å²) in [6, 6.07) is 0. The molecule has 0 bridgehead atoms. The summed E-state index contributed by atoms with van der Waals surface area (Å²) >= 11 is 0. The zero-order chi connectivity index (χ0) is 11.1. The monoisotopic (exact) mass is 200 g/mol. The van der Waals surface area contributed by atoms with E-state index in [-0.39, 0.29) is 12.3 Å². The molecule has 0 aromatic carbocycles. The summed E-state index contributed by atoms with van der Waals surface area (Å²) in [5, 5.41) is 17.9. The highest BCUT2D eigenvalue weighted by atomic mass is 16.4. The highest BCUT2D eigenvalue weighted by Gasteiger charge is 2.52. The summed E-state index contributed by atoms with van der Waals surface area (Å²) in [4.78, 5) is 21.8. The molecule has 1 saturated carbocycles. The van der Waals surface area contributed by atoms with E-state index < -0.39 is 29.2 Å². The first kappa shape index (κ1) is 11.0. The Morgan fingerprint density at radius 2 is 1.71 bits per heavy atom. The Morgan fingerprint density at radius 3 is 1.93 bits per heavy atom. The fourth-order valence-electron chi connectivity index (χ4n) is 2.33. The van der Waals surface area contributed by atoms with Gasteiger partial charge in [0.2, 0.25) is 0 Å². The topological polar surface area (TPSA) is 74.6 Å². The first-order valence-electron chi connectivity index (χ1n) is 4.74. The minimum absolute atomic E-state index is 0.0962. The summed E-state index contributed by atoms with van der Waals surface area (Å²) in [7, 11) is 0. The van der Waals surface area contributed by atoms with Crippen molar-refractivity contribution in [2.24, 2.45) is 23.2 Å². The highest BCUT2D eigenvalue weighted by molar-refractivity contribution is 5.76. The quantitative estimate of drug-likeness (QED) is 0.707. The van der Waals surface area contributed by atoms with E-state index in [9.17, 15) is 9.59 Å². The molecule has 1 fully saturated rings. The second-order valence-electron chi connectivity index (χ2n) is 4.68. The number of rotatable bonds is 2. The van der Waals surface area contributed by atoms with Crippen molar-refractivity contribution in [3.63, 3.8) is 0 Å². The second kappa shape index (κ2) is 3.26. The van der Waals surface area contributed by atoms with Gasteiger partial charge in [-0.2, -0.15) is 0 Å². The molecule has 1 aliphatic rings. The Morgan fingerprint density at radius 1 is 1.21 bits per heavy atom. The van der Waals surface area contributed by atoms with Gasteiger partial charge in [0, 0.05) is 0 Å². The molecular formula is C10H16O4. The van der Waals surface area contributed by atoms with Crippen LogP contribution in [0.25, 0.3) is 0 Å². The van der Waals surface area contributed by atoms with Crippen molar-refractivity contribution in [2.75, 3.05) is 0 Å². The number of carboxylic acids is 2. The molecule has 1 rings (SSSR count). The Kier molecular flexibility index (Phi) is 2.56. The van der Waals surface area contributed by atoms with Gasteiger partial charge in [0.05, 0.1) is 11.8 Å². The van der Waals surface area contributed by atoms with E-state index in [1.165, 1.54) is 0 Å². The van der Waals surface area contributed by atoms with E-state index in [0.29, 0.717) is 0 Å². The van der Waals surface area contributed by atoms with Crippen LogP contribution >= 0.6 is 0 Å². The van der Waals surface area contributed by atoms with Crippen LogP contribution in [0.1, 0.15) is 27.2 Å². The molecular weight excluding hydrogens is 184 g/mol. The third kappa shape index (κ3) is 1.49.